The van der Waals surface area contributed by atoms with E-state index in [0.29, 0.717) is 18.8 Å². The van der Waals surface area contributed by atoms with Gasteiger partial charge in [0.05, 0.1) is 12.8 Å². The van der Waals surface area contributed by atoms with Crippen LogP contribution in [0.5, 0.6) is 0 Å². The Labute approximate surface area is 101 Å². The van der Waals surface area contributed by atoms with Crippen molar-refractivity contribution in [2.75, 3.05) is 13.2 Å². The van der Waals surface area contributed by atoms with Gasteiger partial charge in [0.25, 0.3) is 0 Å². The monoisotopic (exact) mass is 237 g/mol. The highest BCUT2D eigenvalue weighted by atomic mass is 16.5. The smallest absolute Gasteiger partial charge is 0.356 e. The molecule has 5 nitrogen and oxygen atoms in total. The van der Waals surface area contributed by atoms with E-state index in [-0.39, 0.29) is 5.97 Å². The minimum absolute atomic E-state index is 0.330. The molecule has 0 unspecified atom stereocenters. The molecule has 5 heteroatoms. The van der Waals surface area contributed by atoms with Gasteiger partial charge in [-0.1, -0.05) is 12.8 Å². The summed E-state index contributed by atoms with van der Waals surface area (Å²) in [5, 5.41) is 9.90. The van der Waals surface area contributed by atoms with Crippen molar-refractivity contribution in [3.63, 3.8) is 0 Å². The van der Waals surface area contributed by atoms with E-state index >= 15 is 0 Å². The second kappa shape index (κ2) is 5.82. The van der Waals surface area contributed by atoms with E-state index in [4.69, 9.17) is 4.74 Å². The lowest BCUT2D eigenvalue weighted by atomic mass is 10.2. The molecule has 17 heavy (non-hydrogen) atoms. The van der Waals surface area contributed by atoms with Crippen LogP contribution in [0, 0.1) is 5.92 Å². The molecule has 1 aliphatic carbocycles. The number of H-pyrrole nitrogens is 1. The Hall–Kier alpha value is -1.36. The lowest BCUT2D eigenvalue weighted by molar-refractivity contribution is 0.0518. The largest absolute Gasteiger partial charge is 0.461 e. The summed E-state index contributed by atoms with van der Waals surface area (Å²) >= 11 is 0. The van der Waals surface area contributed by atoms with Gasteiger partial charge in [0.15, 0.2) is 0 Å². The van der Waals surface area contributed by atoms with E-state index in [9.17, 15) is 4.79 Å². The minimum atomic E-state index is -0.330. The second-order valence-corrected chi connectivity index (χ2v) is 4.40. The van der Waals surface area contributed by atoms with E-state index in [1.807, 2.05) is 0 Å². The molecule has 0 atom stereocenters. The van der Waals surface area contributed by atoms with E-state index < -0.39 is 0 Å². The maximum atomic E-state index is 11.6. The van der Waals surface area contributed by atoms with Crippen molar-refractivity contribution in [1.82, 2.24) is 15.5 Å². The van der Waals surface area contributed by atoms with Crippen LogP contribution in [0.25, 0.3) is 0 Å². The molecule has 1 aliphatic rings. The number of hydrogen-bond acceptors (Lipinski definition) is 4. The van der Waals surface area contributed by atoms with Crippen molar-refractivity contribution < 1.29 is 9.53 Å². The normalized spacial score (nSPS) is 14.9. The molecule has 0 aromatic carbocycles. The number of nitrogens with one attached hydrogen (secondary N) is 2. The molecule has 2 N–H and O–H groups in total. The van der Waals surface area contributed by atoms with Crippen LogP contribution in [0.2, 0.25) is 0 Å². The second-order valence-electron chi connectivity index (χ2n) is 4.40. The number of ether oxygens (including phenoxy) is 1. The Balaban J connectivity index is 1.78. The van der Waals surface area contributed by atoms with Crippen molar-refractivity contribution in [3.8, 4) is 0 Å². The molecular weight excluding hydrogens is 218 g/mol. The Kier molecular flexibility index (Phi) is 4.14. The molecule has 1 aromatic heterocycles. The number of nitrogens with zero attached hydrogens (tertiary/aromatic N) is 1. The molecule has 0 aliphatic heterocycles. The maximum Gasteiger partial charge on any atom is 0.356 e. The first kappa shape index (κ1) is 12.1. The summed E-state index contributed by atoms with van der Waals surface area (Å²) < 4.78 is 4.94. The molecule has 0 radical (unpaired) electrons. The van der Waals surface area contributed by atoms with Gasteiger partial charge in [-0.05, 0) is 25.8 Å². The van der Waals surface area contributed by atoms with E-state index in [1.54, 1.807) is 13.1 Å². The highest BCUT2D eigenvalue weighted by molar-refractivity contribution is 5.88. The molecule has 1 fully saturated rings. The van der Waals surface area contributed by atoms with E-state index in [1.165, 1.54) is 19.3 Å². The SMILES string of the molecule is CCOC(=O)c1[nH]ncc1CNCCC1CC1. The predicted octanol–water partition coefficient (Wildman–Crippen LogP) is 1.48. The number of aromatic nitrogens is 2. The van der Waals surface area contributed by atoms with Gasteiger partial charge in [0.1, 0.15) is 5.69 Å². The van der Waals surface area contributed by atoms with Gasteiger partial charge in [0.2, 0.25) is 0 Å². The van der Waals surface area contributed by atoms with Gasteiger partial charge in [-0.3, -0.25) is 5.10 Å². The molecule has 0 saturated heterocycles. The van der Waals surface area contributed by atoms with Crippen LogP contribution in [-0.2, 0) is 11.3 Å². The lowest BCUT2D eigenvalue weighted by Crippen LogP contribution is -2.17. The first-order chi connectivity index (χ1) is 8.31. The Morgan fingerprint density at radius 1 is 1.65 bits per heavy atom. The Bertz CT molecular complexity index is 372. The third-order valence-corrected chi connectivity index (χ3v) is 2.94. The van der Waals surface area contributed by atoms with Crippen molar-refractivity contribution in [2.45, 2.75) is 32.7 Å². The zero-order valence-electron chi connectivity index (χ0n) is 10.2. The van der Waals surface area contributed by atoms with Crippen LogP contribution in [-0.4, -0.2) is 29.3 Å². The molecule has 1 saturated carbocycles. The summed E-state index contributed by atoms with van der Waals surface area (Å²) in [4.78, 5) is 11.6. The molecule has 0 bridgehead atoms. The third-order valence-electron chi connectivity index (χ3n) is 2.94. The maximum absolute atomic E-state index is 11.6. The van der Waals surface area contributed by atoms with Gasteiger partial charge in [-0.25, -0.2) is 4.79 Å². The summed E-state index contributed by atoms with van der Waals surface area (Å²) in [6.07, 6.45) is 5.66. The van der Waals surface area contributed by atoms with Gasteiger partial charge >= 0.3 is 5.97 Å². The highest BCUT2D eigenvalue weighted by Crippen LogP contribution is 2.31. The van der Waals surface area contributed by atoms with Crippen molar-refractivity contribution in [1.29, 1.82) is 0 Å². The summed E-state index contributed by atoms with van der Waals surface area (Å²) in [6, 6.07) is 0. The van der Waals surface area contributed by atoms with Crippen molar-refractivity contribution >= 4 is 5.97 Å². The minimum Gasteiger partial charge on any atom is -0.461 e. The number of hydrogen-bond donors (Lipinski definition) is 2. The van der Waals surface area contributed by atoms with Crippen LogP contribution in [0.15, 0.2) is 6.20 Å². The van der Waals surface area contributed by atoms with Gasteiger partial charge in [-0.15, -0.1) is 0 Å². The fraction of sp³-hybridized carbons (Fsp3) is 0.667. The van der Waals surface area contributed by atoms with Gasteiger partial charge in [0, 0.05) is 12.1 Å². The first-order valence-corrected chi connectivity index (χ1v) is 6.21. The van der Waals surface area contributed by atoms with Crippen molar-refractivity contribution in [2.24, 2.45) is 5.92 Å². The quantitative estimate of drug-likeness (QED) is 0.557. The highest BCUT2D eigenvalue weighted by Gasteiger charge is 2.20. The number of rotatable bonds is 7. The summed E-state index contributed by atoms with van der Waals surface area (Å²) in [6.45, 7) is 3.84. The van der Waals surface area contributed by atoms with Crippen LogP contribution >= 0.6 is 0 Å². The topological polar surface area (TPSA) is 67.0 Å². The Morgan fingerprint density at radius 2 is 2.47 bits per heavy atom. The van der Waals surface area contributed by atoms with Crippen LogP contribution < -0.4 is 5.32 Å². The number of carbonyl (C=O) groups is 1. The summed E-state index contributed by atoms with van der Waals surface area (Å²) in [5.41, 5.74) is 1.34. The van der Waals surface area contributed by atoms with Crippen LogP contribution in [0.4, 0.5) is 0 Å². The van der Waals surface area contributed by atoms with Gasteiger partial charge in [-0.2, -0.15) is 5.10 Å². The number of carbonyl (C=O) groups excluding carboxylic acids is 1. The number of esters is 1. The molecule has 1 heterocycles. The molecular formula is C12H19N3O2. The summed E-state index contributed by atoms with van der Waals surface area (Å²) in [5.74, 6) is 0.598. The average Bonchev–Trinajstić information content (AvgIpc) is 3.02. The molecule has 94 valence electrons. The zero-order chi connectivity index (χ0) is 12.1. The summed E-state index contributed by atoms with van der Waals surface area (Å²) in [7, 11) is 0. The molecule has 2 rings (SSSR count). The zero-order valence-corrected chi connectivity index (χ0v) is 10.2. The number of aromatic amines is 1. The van der Waals surface area contributed by atoms with E-state index in [0.717, 1.165) is 18.0 Å². The standard InChI is InChI=1S/C12H19N3O2/c1-2-17-12(16)11-10(8-14-15-11)7-13-6-5-9-3-4-9/h8-9,13H,2-7H2,1H3,(H,14,15). The average molecular weight is 237 g/mol. The van der Waals surface area contributed by atoms with Crippen LogP contribution in [0.1, 0.15) is 42.2 Å². The first-order valence-electron chi connectivity index (χ1n) is 6.21. The third kappa shape index (κ3) is 3.56. The van der Waals surface area contributed by atoms with Crippen LogP contribution in [0.3, 0.4) is 0 Å². The lowest BCUT2D eigenvalue weighted by Gasteiger charge is -2.04. The van der Waals surface area contributed by atoms with E-state index in [2.05, 4.69) is 15.5 Å². The fourth-order valence-electron chi connectivity index (χ4n) is 1.76. The van der Waals surface area contributed by atoms with Crippen molar-refractivity contribution in [3.05, 3.63) is 17.5 Å². The Morgan fingerprint density at radius 3 is 3.18 bits per heavy atom. The molecule has 1 aromatic rings. The molecule has 0 spiro atoms. The predicted molar refractivity (Wildman–Crippen MR) is 63.6 cm³/mol. The fourth-order valence-corrected chi connectivity index (χ4v) is 1.76. The molecule has 0 amide bonds. The van der Waals surface area contributed by atoms with Gasteiger partial charge < -0.3 is 10.1 Å².